The van der Waals surface area contributed by atoms with Crippen LogP contribution in [0.3, 0.4) is 0 Å². The Kier molecular flexibility index (Phi) is 9.26. The van der Waals surface area contributed by atoms with Gasteiger partial charge in [0.25, 0.3) is 0 Å². The van der Waals surface area contributed by atoms with Gasteiger partial charge in [-0.1, -0.05) is 26.8 Å². The van der Waals surface area contributed by atoms with Gasteiger partial charge in [0.1, 0.15) is 18.4 Å². The Morgan fingerprint density at radius 1 is 1.29 bits per heavy atom. The molecular formula is C22H28FNa2O8P. The molecule has 0 spiro atoms. The number of alkyl halides is 1. The van der Waals surface area contributed by atoms with Crippen molar-refractivity contribution in [3.05, 3.63) is 23.8 Å². The van der Waals surface area contributed by atoms with Crippen molar-refractivity contribution in [3.63, 3.8) is 0 Å². The molecule has 4 aliphatic rings. The third kappa shape index (κ3) is 4.40. The summed E-state index contributed by atoms with van der Waals surface area (Å²) < 4.78 is 32.1. The van der Waals surface area contributed by atoms with Crippen molar-refractivity contribution >= 4 is 19.4 Å². The molecule has 4 aliphatic carbocycles. The van der Waals surface area contributed by atoms with Gasteiger partial charge in [0, 0.05) is 16.7 Å². The number of hydrogen-bond acceptors (Lipinski definition) is 8. The number of ketones is 2. The van der Waals surface area contributed by atoms with Crippen LogP contribution in [-0.4, -0.2) is 46.3 Å². The van der Waals surface area contributed by atoms with Crippen molar-refractivity contribution in [2.45, 2.75) is 57.9 Å². The molecule has 8 nitrogen and oxygen atoms in total. The second kappa shape index (κ2) is 10.2. The van der Waals surface area contributed by atoms with E-state index in [1.807, 2.05) is 0 Å². The molecule has 2 N–H and O–H groups in total. The number of Topliss-reactive ketones (excluding diaryl/α,β-unsaturated/α-hetero) is 1. The summed E-state index contributed by atoms with van der Waals surface area (Å²) in [5, 5.41) is 21.0. The number of carbonyl (C=O) groups excluding carboxylic acids is 2. The third-order valence-corrected chi connectivity index (χ3v) is 9.34. The van der Waals surface area contributed by atoms with Gasteiger partial charge in [-0.05, 0) is 54.7 Å². The molecule has 3 fully saturated rings. The minimum absolute atomic E-state index is 0. The fraction of sp³-hybridized carbons (Fsp3) is 0.727. The summed E-state index contributed by atoms with van der Waals surface area (Å²) in [6.07, 6.45) is 1.93. The number of fused-ring (bicyclic) bond motifs is 5. The van der Waals surface area contributed by atoms with Gasteiger partial charge in [0.15, 0.2) is 11.6 Å². The van der Waals surface area contributed by atoms with Crippen molar-refractivity contribution in [1.82, 2.24) is 0 Å². The molecule has 34 heavy (non-hydrogen) atoms. The topological polar surface area (TPSA) is 147 Å². The first kappa shape index (κ1) is 31.0. The molecule has 0 saturated heterocycles. The molecule has 0 radical (unpaired) electrons. The van der Waals surface area contributed by atoms with Crippen LogP contribution in [0.1, 0.15) is 40.0 Å². The predicted molar refractivity (Wildman–Crippen MR) is 106 cm³/mol. The Hall–Kier alpha value is 0.780. The minimum atomic E-state index is -5.65. The molecule has 178 valence electrons. The van der Waals surface area contributed by atoms with E-state index in [4.69, 9.17) is 4.52 Å². The zero-order chi connectivity index (χ0) is 23.9. The van der Waals surface area contributed by atoms with Crippen molar-refractivity contribution in [3.8, 4) is 0 Å². The molecular weight excluding hydrogens is 488 g/mol. The van der Waals surface area contributed by atoms with Crippen molar-refractivity contribution in [2.24, 2.45) is 34.5 Å². The van der Waals surface area contributed by atoms with Gasteiger partial charge in [-0.15, -0.1) is 0 Å². The van der Waals surface area contributed by atoms with Gasteiger partial charge in [0.2, 0.25) is 0 Å². The smallest absolute Gasteiger partial charge is 0.790 e. The first-order valence-electron chi connectivity index (χ1n) is 10.9. The van der Waals surface area contributed by atoms with Crippen molar-refractivity contribution in [1.29, 1.82) is 0 Å². The predicted octanol–water partition coefficient (Wildman–Crippen LogP) is -5.39. The molecule has 0 heterocycles. The van der Waals surface area contributed by atoms with E-state index >= 15 is 4.39 Å². The summed E-state index contributed by atoms with van der Waals surface area (Å²) in [4.78, 5) is 48.3. The number of phosphoric ester groups is 1. The van der Waals surface area contributed by atoms with E-state index in [0.717, 1.165) is 0 Å². The fourth-order valence-electron chi connectivity index (χ4n) is 7.79. The molecule has 3 saturated carbocycles. The monoisotopic (exact) mass is 516 g/mol. The van der Waals surface area contributed by atoms with Crippen molar-refractivity contribution in [2.75, 3.05) is 6.61 Å². The second-order valence-electron chi connectivity index (χ2n) is 10.3. The van der Waals surface area contributed by atoms with Crippen LogP contribution >= 0.6 is 7.82 Å². The summed E-state index contributed by atoms with van der Waals surface area (Å²) in [5.41, 5.74) is -4.06. The maximum absolute atomic E-state index is 15.4. The molecule has 12 heteroatoms. The molecule has 0 aliphatic heterocycles. The van der Waals surface area contributed by atoms with E-state index in [0.29, 0.717) is 5.57 Å². The number of aliphatic hydroxyl groups excluding tert-OH is 2. The number of halogens is 1. The van der Waals surface area contributed by atoms with E-state index in [-0.39, 0.29) is 84.2 Å². The van der Waals surface area contributed by atoms with Crippen LogP contribution in [0.2, 0.25) is 0 Å². The normalized spacial score (nSPS) is 45.2. The number of hydrogen-bond donors (Lipinski definition) is 2. The summed E-state index contributed by atoms with van der Waals surface area (Å²) in [7, 11) is -5.65. The largest absolute Gasteiger partial charge is 1.00 e. The van der Waals surface area contributed by atoms with Crippen molar-refractivity contribution < 1.29 is 102 Å². The van der Waals surface area contributed by atoms with Gasteiger partial charge in [0.05, 0.1) is 13.9 Å². The van der Waals surface area contributed by atoms with Gasteiger partial charge in [-0.25, -0.2) is 4.39 Å². The summed E-state index contributed by atoms with van der Waals surface area (Å²) >= 11 is 0. The zero-order valence-corrected chi connectivity index (χ0v) is 25.1. The van der Waals surface area contributed by atoms with Gasteiger partial charge in [-0.2, -0.15) is 0 Å². The number of allylic oxidation sites excluding steroid dienone is 4. The summed E-state index contributed by atoms with van der Waals surface area (Å²) in [6, 6.07) is 0. The number of rotatable bonds is 4. The average molecular weight is 516 g/mol. The molecule has 0 unspecified atom stereocenters. The van der Waals surface area contributed by atoms with Gasteiger partial charge in [-0.3, -0.25) is 9.59 Å². The second-order valence-corrected chi connectivity index (χ2v) is 11.4. The zero-order valence-electron chi connectivity index (χ0n) is 20.2. The molecule has 0 aromatic heterocycles. The quantitative estimate of drug-likeness (QED) is 0.278. The summed E-state index contributed by atoms with van der Waals surface area (Å²) in [6.45, 7) is 3.92. The molecule has 9 atom stereocenters. The number of aliphatic hydroxyl groups is 2. The van der Waals surface area contributed by atoms with Gasteiger partial charge < -0.3 is 29.1 Å². The minimum Gasteiger partial charge on any atom is -0.790 e. The van der Waals surface area contributed by atoms with Crippen LogP contribution in [-0.2, 0) is 18.7 Å². The van der Waals surface area contributed by atoms with Crippen LogP contribution in [0.25, 0.3) is 0 Å². The number of phosphoric acid groups is 1. The van der Waals surface area contributed by atoms with E-state index in [1.54, 1.807) is 26.8 Å². The first-order valence-corrected chi connectivity index (χ1v) is 12.3. The van der Waals surface area contributed by atoms with Crippen LogP contribution in [0.4, 0.5) is 4.39 Å². The van der Waals surface area contributed by atoms with E-state index in [1.165, 1.54) is 12.2 Å². The Morgan fingerprint density at radius 3 is 2.47 bits per heavy atom. The molecule has 0 bridgehead atoms. The molecule has 0 aromatic rings. The maximum Gasteiger partial charge on any atom is 1.00 e. The Bertz CT molecular complexity index is 969. The number of carbonyl (C=O) groups is 2. The standard InChI is InChI=1S/C22H30FO8P.2Na/c1-11-6-14-13-8-16(23)15-7-12(25)4-5-20(15,2)19(13)17(26)9-21(14,3)22(11,18(27)10-24)31-32(28,29)30;;/h4-5,7,11,13-14,16-17,19,24,26H,6,8-10H2,1-3H3,(H2,28,29,30);;/q;2*+1/p-2/t11-,13+,14+,16+,17+,19-,20+,21+,22+;;/m1../s1. The summed E-state index contributed by atoms with van der Waals surface area (Å²) in [5.74, 6) is -3.39. The maximum atomic E-state index is 15.4. The van der Waals surface area contributed by atoms with E-state index < -0.39 is 72.6 Å². The van der Waals surface area contributed by atoms with Crippen LogP contribution < -0.4 is 68.9 Å². The Morgan fingerprint density at radius 2 is 1.91 bits per heavy atom. The van der Waals surface area contributed by atoms with Crippen LogP contribution in [0.5, 0.6) is 0 Å². The average Bonchev–Trinajstić information content (AvgIpc) is 2.89. The molecule has 4 rings (SSSR count). The van der Waals surface area contributed by atoms with E-state index in [9.17, 15) is 34.2 Å². The Labute approximate surface area is 242 Å². The third-order valence-electron chi connectivity index (χ3n) is 8.83. The van der Waals surface area contributed by atoms with Crippen LogP contribution in [0.15, 0.2) is 23.8 Å². The van der Waals surface area contributed by atoms with Crippen LogP contribution in [0, 0.1) is 34.5 Å². The van der Waals surface area contributed by atoms with E-state index in [2.05, 4.69) is 0 Å². The SMILES string of the molecule is C[C@@H]1C[C@H]2[C@@H]3C[C@H](F)C4=CC(=O)C=C[C@]4(C)[C@H]3[C@@H](O)C[C@]2(C)[C@@]1(OP(=O)([O-])[O-])C(=O)CO.[Na+].[Na+]. The Balaban J connectivity index is 0.00000204. The molecule has 0 aromatic carbocycles. The fourth-order valence-corrected chi connectivity index (χ4v) is 8.63. The molecule has 0 amide bonds. The first-order chi connectivity index (χ1) is 14.7. The van der Waals surface area contributed by atoms with Gasteiger partial charge >= 0.3 is 59.1 Å².